The second kappa shape index (κ2) is 4.62. The molecular formula is C10H9N5O3. The molecule has 0 radical (unpaired) electrons. The third kappa shape index (κ3) is 2.17. The van der Waals surface area contributed by atoms with Crippen LogP contribution in [0.5, 0.6) is 0 Å². The number of aromatic nitrogens is 3. The number of rotatable bonds is 4. The summed E-state index contributed by atoms with van der Waals surface area (Å²) in [5.74, 6) is -1.28. The maximum Gasteiger partial charge on any atom is 0.343 e. The van der Waals surface area contributed by atoms with Crippen molar-refractivity contribution in [1.82, 2.24) is 14.5 Å². The second-order valence-electron chi connectivity index (χ2n) is 3.47. The number of pyridine rings is 1. The van der Waals surface area contributed by atoms with Crippen LogP contribution in [0.25, 0.3) is 0 Å². The third-order valence-corrected chi connectivity index (χ3v) is 2.29. The summed E-state index contributed by atoms with van der Waals surface area (Å²) >= 11 is 0. The van der Waals surface area contributed by atoms with Crippen molar-refractivity contribution in [3.63, 3.8) is 0 Å². The van der Waals surface area contributed by atoms with Crippen LogP contribution in [0.1, 0.15) is 16.3 Å². The summed E-state index contributed by atoms with van der Waals surface area (Å²) in [7, 11) is 0. The Bertz CT molecular complexity index is 561. The van der Waals surface area contributed by atoms with Crippen molar-refractivity contribution in [2.45, 2.75) is 6.54 Å². The molecule has 0 aliphatic heterocycles. The molecule has 0 aliphatic carbocycles. The number of hydrogen-bond donors (Lipinski definition) is 1. The highest BCUT2D eigenvalue weighted by molar-refractivity contribution is 5.89. The Kier molecular flexibility index (Phi) is 3.00. The minimum Gasteiger partial charge on any atom is -0.361 e. The van der Waals surface area contributed by atoms with Gasteiger partial charge in [0.25, 0.3) is 5.82 Å². The lowest BCUT2D eigenvalue weighted by Crippen LogP contribution is -2.19. The van der Waals surface area contributed by atoms with Crippen molar-refractivity contribution in [3.05, 3.63) is 52.2 Å². The fourth-order valence-electron chi connectivity index (χ4n) is 1.52. The second-order valence-corrected chi connectivity index (χ2v) is 3.47. The van der Waals surface area contributed by atoms with E-state index in [0.29, 0.717) is 5.69 Å². The number of hydrogen-bond acceptors (Lipinski definition) is 5. The molecule has 0 fully saturated rings. The molecule has 0 spiro atoms. The molecule has 2 rings (SSSR count). The van der Waals surface area contributed by atoms with Gasteiger partial charge in [0.05, 0.1) is 5.69 Å². The number of nitrogens with zero attached hydrogens (tertiary/aromatic N) is 4. The van der Waals surface area contributed by atoms with E-state index in [1.807, 2.05) is 0 Å². The summed E-state index contributed by atoms with van der Waals surface area (Å²) in [5.41, 5.74) is 5.69. The summed E-state index contributed by atoms with van der Waals surface area (Å²) in [6.07, 6.45) is 2.56. The highest BCUT2D eigenvalue weighted by atomic mass is 16.6. The largest absolute Gasteiger partial charge is 0.361 e. The predicted molar refractivity (Wildman–Crippen MR) is 60.7 cm³/mol. The molecule has 0 atom stereocenters. The van der Waals surface area contributed by atoms with E-state index in [-0.39, 0.29) is 18.2 Å². The SMILES string of the molecule is NC(=O)c1ncc([N+](=O)[O-])n1Cc1ccccn1. The normalized spacial score (nSPS) is 10.2. The molecule has 2 aromatic heterocycles. The number of primary amides is 1. The molecular weight excluding hydrogens is 238 g/mol. The van der Waals surface area contributed by atoms with Gasteiger partial charge in [0.15, 0.2) is 0 Å². The minimum absolute atomic E-state index is 0.0649. The summed E-state index contributed by atoms with van der Waals surface area (Å²) in [6, 6.07) is 5.16. The van der Waals surface area contributed by atoms with Gasteiger partial charge in [-0.3, -0.25) is 9.78 Å². The molecule has 0 aromatic carbocycles. The Hall–Kier alpha value is -2.77. The molecule has 2 N–H and O–H groups in total. The van der Waals surface area contributed by atoms with Gasteiger partial charge < -0.3 is 15.8 Å². The van der Waals surface area contributed by atoms with Gasteiger partial charge >= 0.3 is 11.7 Å². The van der Waals surface area contributed by atoms with Crippen LogP contribution in [-0.4, -0.2) is 25.4 Å². The summed E-state index contributed by atoms with van der Waals surface area (Å²) in [6.45, 7) is 0.0649. The van der Waals surface area contributed by atoms with Crippen molar-refractivity contribution in [2.24, 2.45) is 5.73 Å². The van der Waals surface area contributed by atoms with Crippen LogP contribution < -0.4 is 5.73 Å². The van der Waals surface area contributed by atoms with Crippen molar-refractivity contribution in [2.75, 3.05) is 0 Å². The fraction of sp³-hybridized carbons (Fsp3) is 0.100. The Morgan fingerprint density at radius 3 is 2.78 bits per heavy atom. The molecule has 0 saturated heterocycles. The minimum atomic E-state index is -0.820. The van der Waals surface area contributed by atoms with Crippen LogP contribution >= 0.6 is 0 Å². The number of imidazole rings is 1. The Morgan fingerprint density at radius 1 is 1.44 bits per heavy atom. The zero-order chi connectivity index (χ0) is 13.1. The molecule has 8 nitrogen and oxygen atoms in total. The molecule has 0 aliphatic rings. The molecule has 1 amide bonds. The van der Waals surface area contributed by atoms with Crippen LogP contribution in [0.15, 0.2) is 30.6 Å². The Morgan fingerprint density at radius 2 is 2.22 bits per heavy atom. The van der Waals surface area contributed by atoms with Gasteiger partial charge in [0.1, 0.15) is 12.7 Å². The van der Waals surface area contributed by atoms with E-state index in [0.717, 1.165) is 10.8 Å². The molecule has 2 aromatic rings. The standard InChI is InChI=1S/C10H9N5O3/c11-9(16)10-13-5-8(15(17)18)14(10)6-7-3-1-2-4-12-7/h1-5H,6H2,(H2,11,16). The smallest absolute Gasteiger partial charge is 0.343 e. The Balaban J connectivity index is 2.44. The summed E-state index contributed by atoms with van der Waals surface area (Å²) in [5, 5.41) is 10.8. The van der Waals surface area contributed by atoms with Crippen LogP contribution in [0.4, 0.5) is 5.82 Å². The predicted octanol–water partition coefficient (Wildman–Crippen LogP) is 0.333. The highest BCUT2D eigenvalue weighted by Crippen LogP contribution is 2.15. The molecule has 0 unspecified atom stereocenters. The monoisotopic (exact) mass is 247 g/mol. The molecule has 92 valence electrons. The first-order chi connectivity index (χ1) is 8.59. The molecule has 0 bridgehead atoms. The first kappa shape index (κ1) is 11.7. The maximum absolute atomic E-state index is 11.1. The van der Waals surface area contributed by atoms with E-state index in [1.54, 1.807) is 24.4 Å². The highest BCUT2D eigenvalue weighted by Gasteiger charge is 2.24. The topological polar surface area (TPSA) is 117 Å². The van der Waals surface area contributed by atoms with Gasteiger partial charge in [-0.15, -0.1) is 0 Å². The van der Waals surface area contributed by atoms with E-state index < -0.39 is 10.8 Å². The summed E-state index contributed by atoms with van der Waals surface area (Å²) < 4.78 is 1.13. The van der Waals surface area contributed by atoms with Gasteiger partial charge in [-0.25, -0.2) is 4.98 Å². The average molecular weight is 247 g/mol. The number of nitrogens with two attached hydrogens (primary N) is 1. The maximum atomic E-state index is 11.1. The number of carbonyl (C=O) groups is 1. The van der Waals surface area contributed by atoms with Crippen molar-refractivity contribution in [3.8, 4) is 0 Å². The molecule has 18 heavy (non-hydrogen) atoms. The van der Waals surface area contributed by atoms with Gasteiger partial charge in [-0.2, -0.15) is 4.57 Å². The van der Waals surface area contributed by atoms with Gasteiger partial charge in [-0.05, 0) is 17.1 Å². The zero-order valence-corrected chi connectivity index (χ0v) is 9.18. The number of carbonyl (C=O) groups excluding carboxylic acids is 1. The lowest BCUT2D eigenvalue weighted by Gasteiger charge is -2.02. The van der Waals surface area contributed by atoms with Crippen LogP contribution in [0.2, 0.25) is 0 Å². The lowest BCUT2D eigenvalue weighted by molar-refractivity contribution is -0.392. The lowest BCUT2D eigenvalue weighted by atomic mass is 10.3. The molecule has 0 saturated carbocycles. The van der Waals surface area contributed by atoms with E-state index >= 15 is 0 Å². The van der Waals surface area contributed by atoms with E-state index in [4.69, 9.17) is 5.73 Å². The molecule has 8 heteroatoms. The third-order valence-electron chi connectivity index (χ3n) is 2.29. The average Bonchev–Trinajstić information content (AvgIpc) is 2.74. The number of amides is 1. The van der Waals surface area contributed by atoms with Crippen LogP contribution in [0.3, 0.4) is 0 Å². The van der Waals surface area contributed by atoms with Gasteiger partial charge in [0.2, 0.25) is 0 Å². The van der Waals surface area contributed by atoms with Crippen molar-refractivity contribution < 1.29 is 9.72 Å². The first-order valence-corrected chi connectivity index (χ1v) is 4.99. The quantitative estimate of drug-likeness (QED) is 0.617. The Labute approximate surface area is 101 Å². The van der Waals surface area contributed by atoms with E-state index in [1.165, 1.54) is 0 Å². The van der Waals surface area contributed by atoms with Gasteiger partial charge in [0, 0.05) is 6.20 Å². The number of nitro groups is 1. The van der Waals surface area contributed by atoms with Gasteiger partial charge in [-0.1, -0.05) is 6.07 Å². The summed E-state index contributed by atoms with van der Waals surface area (Å²) in [4.78, 5) is 29.0. The van der Waals surface area contributed by atoms with E-state index in [2.05, 4.69) is 9.97 Å². The zero-order valence-electron chi connectivity index (χ0n) is 9.18. The van der Waals surface area contributed by atoms with Crippen LogP contribution in [-0.2, 0) is 6.54 Å². The fourth-order valence-corrected chi connectivity index (χ4v) is 1.52. The van der Waals surface area contributed by atoms with Crippen molar-refractivity contribution in [1.29, 1.82) is 0 Å². The molecule has 2 heterocycles. The first-order valence-electron chi connectivity index (χ1n) is 4.99. The van der Waals surface area contributed by atoms with Crippen LogP contribution in [0, 0.1) is 10.1 Å². The van der Waals surface area contributed by atoms with E-state index in [9.17, 15) is 14.9 Å². The van der Waals surface area contributed by atoms with Crippen molar-refractivity contribution >= 4 is 11.7 Å².